The van der Waals surface area contributed by atoms with Crippen molar-refractivity contribution in [3.8, 4) is 5.82 Å². The third-order valence-corrected chi connectivity index (χ3v) is 2.19. The molecule has 9 nitrogen and oxygen atoms in total. The van der Waals surface area contributed by atoms with Crippen LogP contribution in [0.15, 0.2) is 18.5 Å². The molecule has 0 aromatic carbocycles. The summed E-state index contributed by atoms with van der Waals surface area (Å²) in [5.74, 6) is 0.804. The molecule has 0 aliphatic carbocycles. The number of fused-ring (bicyclic) bond motifs is 1. The van der Waals surface area contributed by atoms with Crippen LogP contribution >= 0.6 is 12.2 Å². The number of aromatic nitrogens is 8. The van der Waals surface area contributed by atoms with Crippen molar-refractivity contribution >= 4 is 22.9 Å². The van der Waals surface area contributed by atoms with Gasteiger partial charge in [0.15, 0.2) is 11.5 Å². The van der Waals surface area contributed by atoms with Crippen molar-refractivity contribution in [2.24, 2.45) is 5.73 Å². The summed E-state index contributed by atoms with van der Waals surface area (Å²) in [5.41, 5.74) is 5.96. The van der Waals surface area contributed by atoms with Gasteiger partial charge in [-0.1, -0.05) is 12.2 Å². The first-order valence-corrected chi connectivity index (χ1v) is 4.92. The molecule has 0 radical (unpaired) electrons. The minimum atomic E-state index is 0.132. The molecule has 0 amide bonds. The molecule has 3 aromatic rings. The van der Waals surface area contributed by atoms with Gasteiger partial charge in [0, 0.05) is 0 Å². The Bertz CT molecular complexity index is 698. The van der Waals surface area contributed by atoms with E-state index >= 15 is 0 Å². The summed E-state index contributed by atoms with van der Waals surface area (Å²) in [6.45, 7) is 0. The third kappa shape index (κ3) is 1.59. The summed E-state index contributed by atoms with van der Waals surface area (Å²) in [5, 5.41) is 19.1. The molecule has 3 aromatic heterocycles. The molecule has 0 saturated carbocycles. The van der Waals surface area contributed by atoms with Crippen molar-refractivity contribution < 1.29 is 0 Å². The number of nitrogens with two attached hydrogens (primary N) is 1. The van der Waals surface area contributed by atoms with E-state index in [0.29, 0.717) is 17.3 Å². The van der Waals surface area contributed by atoms with E-state index in [0.717, 1.165) is 0 Å². The molecule has 0 spiro atoms. The van der Waals surface area contributed by atoms with Crippen LogP contribution in [0, 0.1) is 0 Å². The van der Waals surface area contributed by atoms with Crippen molar-refractivity contribution in [3.05, 3.63) is 24.3 Å². The Morgan fingerprint density at radius 1 is 1.29 bits per heavy atom. The molecule has 3 rings (SSSR count). The highest BCUT2D eigenvalue weighted by Crippen LogP contribution is 2.03. The van der Waals surface area contributed by atoms with Crippen LogP contribution in [0.4, 0.5) is 0 Å². The van der Waals surface area contributed by atoms with E-state index in [4.69, 9.17) is 18.0 Å². The summed E-state index contributed by atoms with van der Waals surface area (Å²) in [6.07, 6.45) is 1.47. The molecule has 3 heterocycles. The van der Waals surface area contributed by atoms with Crippen LogP contribution in [0.1, 0.15) is 5.82 Å². The normalized spacial score (nSPS) is 10.8. The van der Waals surface area contributed by atoms with Crippen molar-refractivity contribution in [2.75, 3.05) is 0 Å². The molecule has 84 valence electrons. The van der Waals surface area contributed by atoms with Gasteiger partial charge in [-0.05, 0) is 22.6 Å². The number of nitrogens with zero attached hydrogens (tertiary/aromatic N) is 8. The van der Waals surface area contributed by atoms with Gasteiger partial charge in [-0.25, -0.2) is 9.67 Å². The number of hydrogen-bond acceptors (Lipinski definition) is 7. The zero-order valence-corrected chi connectivity index (χ0v) is 9.11. The summed E-state index contributed by atoms with van der Waals surface area (Å²) in [6, 6.07) is 3.42. The van der Waals surface area contributed by atoms with Crippen LogP contribution in [0.2, 0.25) is 0 Å². The molecular formula is C7H5N9S. The minimum absolute atomic E-state index is 0.132. The summed E-state index contributed by atoms with van der Waals surface area (Å²) in [4.78, 5) is 4.08. The van der Waals surface area contributed by atoms with Crippen molar-refractivity contribution in [1.82, 2.24) is 40.0 Å². The van der Waals surface area contributed by atoms with Crippen LogP contribution in [-0.4, -0.2) is 45.0 Å². The molecule has 0 atom stereocenters. The summed E-state index contributed by atoms with van der Waals surface area (Å²) >= 11 is 4.77. The number of hydrogen-bond donors (Lipinski definition) is 1. The van der Waals surface area contributed by atoms with Gasteiger partial charge in [0.05, 0.1) is 0 Å². The first-order chi connectivity index (χ1) is 8.24. The number of tetrazole rings is 1. The molecule has 17 heavy (non-hydrogen) atoms. The molecule has 0 aliphatic heterocycles. The van der Waals surface area contributed by atoms with Gasteiger partial charge in [0.2, 0.25) is 5.82 Å². The predicted octanol–water partition coefficient (Wildman–Crippen LogP) is -1.27. The number of thiocarbonyl (C=S) groups is 1. The largest absolute Gasteiger partial charge is 0.387 e. The molecule has 0 bridgehead atoms. The lowest BCUT2D eigenvalue weighted by Gasteiger charge is -1.97. The summed E-state index contributed by atoms with van der Waals surface area (Å²) < 4.78 is 2.73. The van der Waals surface area contributed by atoms with Crippen molar-refractivity contribution in [1.29, 1.82) is 0 Å². The van der Waals surface area contributed by atoms with Crippen molar-refractivity contribution in [2.45, 2.75) is 0 Å². The lowest BCUT2D eigenvalue weighted by molar-refractivity contribution is 0.701. The van der Waals surface area contributed by atoms with E-state index < -0.39 is 0 Å². The highest BCUT2D eigenvalue weighted by molar-refractivity contribution is 7.80. The Balaban J connectivity index is 2.09. The minimum Gasteiger partial charge on any atom is -0.387 e. The number of rotatable bonds is 2. The van der Waals surface area contributed by atoms with Gasteiger partial charge in [-0.3, -0.25) is 0 Å². The quantitative estimate of drug-likeness (QED) is 0.558. The molecule has 0 aliphatic rings. The van der Waals surface area contributed by atoms with E-state index in [1.54, 1.807) is 12.1 Å². The van der Waals surface area contributed by atoms with Crippen LogP contribution in [0.25, 0.3) is 11.5 Å². The van der Waals surface area contributed by atoms with Gasteiger partial charge in [0.1, 0.15) is 11.3 Å². The maximum Gasteiger partial charge on any atom is 0.208 e. The van der Waals surface area contributed by atoms with Gasteiger partial charge >= 0.3 is 0 Å². The fraction of sp³-hybridized carbons (Fsp3) is 0. The molecule has 10 heteroatoms. The van der Waals surface area contributed by atoms with Gasteiger partial charge in [-0.15, -0.1) is 19.9 Å². The monoisotopic (exact) mass is 247 g/mol. The zero-order chi connectivity index (χ0) is 11.8. The van der Waals surface area contributed by atoms with Crippen LogP contribution in [0.5, 0.6) is 0 Å². The molecule has 2 N–H and O–H groups in total. The fourth-order valence-corrected chi connectivity index (χ4v) is 1.34. The van der Waals surface area contributed by atoms with Crippen LogP contribution in [-0.2, 0) is 0 Å². The van der Waals surface area contributed by atoms with E-state index in [1.807, 2.05) is 0 Å². The Morgan fingerprint density at radius 3 is 2.94 bits per heavy atom. The van der Waals surface area contributed by atoms with Crippen LogP contribution in [0.3, 0.4) is 0 Å². The Hall–Kier alpha value is -2.49. The molecule has 0 unspecified atom stereocenters. The smallest absolute Gasteiger partial charge is 0.208 e. The average molecular weight is 247 g/mol. The first kappa shape index (κ1) is 9.72. The highest BCUT2D eigenvalue weighted by atomic mass is 32.1. The summed E-state index contributed by atoms with van der Waals surface area (Å²) in [7, 11) is 0. The Morgan fingerprint density at radius 2 is 2.18 bits per heavy atom. The fourth-order valence-electron chi connectivity index (χ4n) is 1.25. The lowest BCUT2D eigenvalue weighted by Crippen LogP contribution is -2.12. The Kier molecular flexibility index (Phi) is 2.01. The zero-order valence-electron chi connectivity index (χ0n) is 8.30. The standard InChI is InChI=1S/C7H5N9S/c8-6(17)7-9-3-15(12-7)5-2-1-4-10-13-14-16(4)11-5/h1-3H,(H2,8,17). The van der Waals surface area contributed by atoms with Crippen LogP contribution < -0.4 is 5.73 Å². The SMILES string of the molecule is NC(=S)c1ncn(-c2ccc3nnnn3n2)n1. The second-order valence-corrected chi connectivity index (χ2v) is 3.53. The van der Waals surface area contributed by atoms with Gasteiger partial charge < -0.3 is 5.73 Å². The van der Waals surface area contributed by atoms with E-state index in [-0.39, 0.29) is 4.99 Å². The average Bonchev–Trinajstić information content (AvgIpc) is 2.97. The Labute approximate surface area is 99.2 Å². The molecular weight excluding hydrogens is 242 g/mol. The van der Waals surface area contributed by atoms with E-state index in [9.17, 15) is 0 Å². The second kappa shape index (κ2) is 3.52. The molecule has 0 fully saturated rings. The topological polar surface area (TPSA) is 113 Å². The van der Waals surface area contributed by atoms with E-state index in [2.05, 4.69) is 30.7 Å². The van der Waals surface area contributed by atoms with E-state index in [1.165, 1.54) is 15.6 Å². The lowest BCUT2D eigenvalue weighted by atomic mass is 10.5. The van der Waals surface area contributed by atoms with Gasteiger partial charge in [-0.2, -0.15) is 0 Å². The second-order valence-electron chi connectivity index (χ2n) is 3.10. The maximum atomic E-state index is 5.41. The molecule has 0 saturated heterocycles. The highest BCUT2D eigenvalue weighted by Gasteiger charge is 2.07. The van der Waals surface area contributed by atoms with Gasteiger partial charge in [0.25, 0.3) is 0 Å². The third-order valence-electron chi connectivity index (χ3n) is 2.00. The maximum absolute atomic E-state index is 5.41. The van der Waals surface area contributed by atoms with Crippen molar-refractivity contribution in [3.63, 3.8) is 0 Å². The predicted molar refractivity (Wildman–Crippen MR) is 59.4 cm³/mol. The first-order valence-electron chi connectivity index (χ1n) is 4.51.